The van der Waals surface area contributed by atoms with Gasteiger partial charge in [0, 0.05) is 6.08 Å². The van der Waals surface area contributed by atoms with Gasteiger partial charge >= 0.3 is 5.69 Å². The number of benzene rings is 1. The summed E-state index contributed by atoms with van der Waals surface area (Å²) in [5, 5.41) is 2.16. The normalized spacial score (nSPS) is 10.7. The van der Waals surface area contributed by atoms with Crippen molar-refractivity contribution in [1.82, 2.24) is 9.97 Å². The molecule has 0 atom stereocenters. The first kappa shape index (κ1) is 15.4. The van der Waals surface area contributed by atoms with E-state index >= 15 is 0 Å². The number of methoxy groups -OCH3 is 1. The van der Waals surface area contributed by atoms with E-state index in [4.69, 9.17) is 4.74 Å². The van der Waals surface area contributed by atoms with E-state index in [2.05, 4.69) is 15.3 Å². The van der Waals surface area contributed by atoms with Crippen LogP contribution in [0.1, 0.15) is 5.56 Å². The zero-order chi connectivity index (χ0) is 16.1. The molecule has 1 amide bonds. The van der Waals surface area contributed by atoms with Crippen molar-refractivity contribution in [3.8, 4) is 5.75 Å². The fourth-order valence-corrected chi connectivity index (χ4v) is 1.59. The van der Waals surface area contributed by atoms with Gasteiger partial charge in [0.1, 0.15) is 0 Å². The molecule has 0 aliphatic rings. The molecule has 0 aliphatic heterocycles. The third kappa shape index (κ3) is 3.75. The summed E-state index contributed by atoms with van der Waals surface area (Å²) in [5.74, 6) is -2.42. The van der Waals surface area contributed by atoms with Gasteiger partial charge in [-0.2, -0.15) is 4.98 Å². The number of amides is 1. The Morgan fingerprint density at radius 3 is 2.86 bits per heavy atom. The van der Waals surface area contributed by atoms with Crippen molar-refractivity contribution in [2.75, 3.05) is 12.4 Å². The SMILES string of the molecule is COc1cc(C=CC(=O)Nc2[nH]c(=O)ncc2F)ccc1F. The maximum Gasteiger partial charge on any atom is 0.346 e. The standard InChI is InChI=1S/C14H11F2N3O3/c1-22-11-6-8(2-4-9(11)15)3-5-12(20)18-13-10(16)7-17-14(21)19-13/h2-7H,1H3,(H2,17,18,19,20,21). The average molecular weight is 307 g/mol. The Labute approximate surface area is 123 Å². The Morgan fingerprint density at radius 1 is 1.36 bits per heavy atom. The number of ether oxygens (including phenoxy) is 1. The summed E-state index contributed by atoms with van der Waals surface area (Å²) in [5.41, 5.74) is -0.277. The Bertz CT molecular complexity index is 787. The van der Waals surface area contributed by atoms with Crippen LogP contribution in [0.25, 0.3) is 6.08 Å². The van der Waals surface area contributed by atoms with Crippen LogP contribution >= 0.6 is 0 Å². The highest BCUT2D eigenvalue weighted by atomic mass is 19.1. The molecule has 0 saturated heterocycles. The number of hydrogen-bond donors (Lipinski definition) is 2. The highest BCUT2D eigenvalue weighted by molar-refractivity contribution is 6.01. The topological polar surface area (TPSA) is 84.1 Å². The van der Waals surface area contributed by atoms with Crippen LogP contribution in [0, 0.1) is 11.6 Å². The monoisotopic (exact) mass is 307 g/mol. The summed E-state index contributed by atoms with van der Waals surface area (Å²) in [6, 6.07) is 4.03. The molecular weight excluding hydrogens is 296 g/mol. The van der Waals surface area contributed by atoms with E-state index in [-0.39, 0.29) is 11.6 Å². The molecule has 1 aromatic heterocycles. The zero-order valence-corrected chi connectivity index (χ0v) is 11.4. The van der Waals surface area contributed by atoms with Crippen LogP contribution in [0.4, 0.5) is 14.6 Å². The molecule has 2 rings (SSSR count). The number of anilines is 1. The van der Waals surface area contributed by atoms with Gasteiger partial charge in [0.25, 0.3) is 0 Å². The molecule has 0 aliphatic carbocycles. The lowest BCUT2D eigenvalue weighted by Gasteiger charge is -2.03. The second-order valence-electron chi connectivity index (χ2n) is 4.13. The van der Waals surface area contributed by atoms with E-state index in [1.54, 1.807) is 0 Å². The van der Waals surface area contributed by atoms with E-state index in [0.29, 0.717) is 11.8 Å². The van der Waals surface area contributed by atoms with Gasteiger partial charge in [0.05, 0.1) is 13.3 Å². The van der Waals surface area contributed by atoms with Crippen LogP contribution in [0.15, 0.2) is 35.3 Å². The first-order valence-corrected chi connectivity index (χ1v) is 6.07. The number of aromatic nitrogens is 2. The largest absolute Gasteiger partial charge is 0.494 e. The van der Waals surface area contributed by atoms with Gasteiger partial charge in [-0.3, -0.25) is 9.78 Å². The van der Waals surface area contributed by atoms with Crippen LogP contribution in [0.3, 0.4) is 0 Å². The van der Waals surface area contributed by atoms with Gasteiger partial charge < -0.3 is 10.1 Å². The van der Waals surface area contributed by atoms with E-state index in [9.17, 15) is 18.4 Å². The Kier molecular flexibility index (Phi) is 4.62. The van der Waals surface area contributed by atoms with E-state index in [0.717, 1.165) is 6.08 Å². The van der Waals surface area contributed by atoms with Crippen LogP contribution in [0.2, 0.25) is 0 Å². The molecule has 2 N–H and O–H groups in total. The molecule has 0 unspecified atom stereocenters. The van der Waals surface area contributed by atoms with Crippen molar-refractivity contribution in [1.29, 1.82) is 0 Å². The maximum atomic E-state index is 13.3. The lowest BCUT2D eigenvalue weighted by molar-refractivity contribution is -0.111. The lowest BCUT2D eigenvalue weighted by atomic mass is 10.2. The van der Waals surface area contributed by atoms with Gasteiger partial charge in [0.15, 0.2) is 23.2 Å². The molecule has 8 heteroatoms. The summed E-state index contributed by atoms with van der Waals surface area (Å²) in [7, 11) is 1.32. The van der Waals surface area contributed by atoms with Crippen molar-refractivity contribution in [2.45, 2.75) is 0 Å². The minimum atomic E-state index is -0.871. The van der Waals surface area contributed by atoms with Crippen molar-refractivity contribution in [3.63, 3.8) is 0 Å². The Morgan fingerprint density at radius 2 is 2.14 bits per heavy atom. The highest BCUT2D eigenvalue weighted by Crippen LogP contribution is 2.19. The smallest absolute Gasteiger partial charge is 0.346 e. The number of nitrogens with zero attached hydrogens (tertiary/aromatic N) is 1. The third-order valence-electron chi connectivity index (χ3n) is 2.62. The first-order valence-electron chi connectivity index (χ1n) is 6.07. The van der Waals surface area contributed by atoms with E-state index < -0.39 is 23.2 Å². The number of nitrogens with one attached hydrogen (secondary N) is 2. The summed E-state index contributed by atoms with van der Waals surface area (Å²) >= 11 is 0. The molecule has 1 aromatic carbocycles. The predicted molar refractivity (Wildman–Crippen MR) is 75.4 cm³/mol. The summed E-state index contributed by atoms with van der Waals surface area (Å²) in [6.45, 7) is 0. The number of rotatable bonds is 4. The summed E-state index contributed by atoms with van der Waals surface area (Å²) < 4.78 is 31.3. The number of H-pyrrole nitrogens is 1. The quantitative estimate of drug-likeness (QED) is 0.842. The van der Waals surface area contributed by atoms with Crippen molar-refractivity contribution < 1.29 is 18.3 Å². The van der Waals surface area contributed by atoms with Gasteiger partial charge in [-0.15, -0.1) is 0 Å². The van der Waals surface area contributed by atoms with Gasteiger partial charge in [-0.25, -0.2) is 13.6 Å². The van der Waals surface area contributed by atoms with Gasteiger partial charge in [-0.05, 0) is 23.8 Å². The summed E-state index contributed by atoms with van der Waals surface area (Å²) in [6.07, 6.45) is 3.18. The average Bonchev–Trinajstić information content (AvgIpc) is 2.50. The number of carbonyl (C=O) groups is 1. The van der Waals surface area contributed by atoms with Crippen LogP contribution in [-0.4, -0.2) is 23.0 Å². The minimum absolute atomic E-state index is 0.0343. The molecule has 6 nitrogen and oxygen atoms in total. The fourth-order valence-electron chi connectivity index (χ4n) is 1.59. The first-order chi connectivity index (χ1) is 10.5. The van der Waals surface area contributed by atoms with Crippen LogP contribution in [-0.2, 0) is 4.79 Å². The third-order valence-corrected chi connectivity index (χ3v) is 2.62. The van der Waals surface area contributed by atoms with E-state index in [1.165, 1.54) is 31.4 Å². The molecule has 22 heavy (non-hydrogen) atoms. The predicted octanol–water partition coefficient (Wildman–Crippen LogP) is 1.71. The van der Waals surface area contributed by atoms with E-state index in [1.807, 2.05) is 0 Å². The molecule has 0 radical (unpaired) electrons. The molecule has 0 bridgehead atoms. The molecule has 0 saturated carbocycles. The molecule has 2 aromatic rings. The van der Waals surface area contributed by atoms with Crippen molar-refractivity contribution in [3.05, 3.63) is 58.2 Å². The number of aromatic amines is 1. The van der Waals surface area contributed by atoms with Crippen molar-refractivity contribution >= 4 is 17.8 Å². The number of hydrogen-bond acceptors (Lipinski definition) is 4. The highest BCUT2D eigenvalue weighted by Gasteiger charge is 2.06. The molecule has 0 fully saturated rings. The Hall–Kier alpha value is -3.03. The van der Waals surface area contributed by atoms with Crippen LogP contribution < -0.4 is 15.7 Å². The fraction of sp³-hybridized carbons (Fsp3) is 0.0714. The molecular formula is C14H11F2N3O3. The number of carbonyl (C=O) groups excluding carboxylic acids is 1. The van der Waals surface area contributed by atoms with Gasteiger partial charge in [-0.1, -0.05) is 6.07 Å². The minimum Gasteiger partial charge on any atom is -0.494 e. The van der Waals surface area contributed by atoms with Crippen LogP contribution in [0.5, 0.6) is 5.75 Å². The Balaban J connectivity index is 2.11. The lowest BCUT2D eigenvalue weighted by Crippen LogP contribution is -2.18. The van der Waals surface area contributed by atoms with Gasteiger partial charge in [0.2, 0.25) is 5.91 Å². The molecule has 1 heterocycles. The second-order valence-corrected chi connectivity index (χ2v) is 4.13. The summed E-state index contributed by atoms with van der Waals surface area (Å²) in [4.78, 5) is 27.8. The maximum absolute atomic E-state index is 13.3. The molecule has 114 valence electrons. The number of halogens is 2. The van der Waals surface area contributed by atoms with Crippen molar-refractivity contribution in [2.24, 2.45) is 0 Å². The molecule has 0 spiro atoms. The second kappa shape index (κ2) is 6.61. The zero-order valence-electron chi connectivity index (χ0n) is 11.4.